The zero-order valence-corrected chi connectivity index (χ0v) is 10.5. The lowest BCUT2D eigenvalue weighted by Gasteiger charge is -2.02. The molecule has 3 N–H and O–H groups in total. The average Bonchev–Trinajstić information content (AvgIpc) is 2.39. The number of amides is 1. The van der Waals surface area contributed by atoms with Gasteiger partial charge < -0.3 is 11.1 Å². The lowest BCUT2D eigenvalue weighted by molar-refractivity contribution is -0.683. The first-order valence-corrected chi connectivity index (χ1v) is 5.83. The summed E-state index contributed by atoms with van der Waals surface area (Å²) in [7, 11) is 0. The van der Waals surface area contributed by atoms with Gasteiger partial charge >= 0.3 is 0 Å². The summed E-state index contributed by atoms with van der Waals surface area (Å²) < 4.78 is 1.65. The molecule has 20 heavy (non-hydrogen) atoms. The Labute approximate surface area is 114 Å². The molecule has 0 aliphatic carbocycles. The average molecular weight is 273 g/mol. The first-order chi connectivity index (χ1) is 9.54. The molecule has 0 unspecified atom stereocenters. The summed E-state index contributed by atoms with van der Waals surface area (Å²) in [5, 5.41) is 13.2. The van der Waals surface area contributed by atoms with Crippen molar-refractivity contribution in [1.82, 2.24) is 0 Å². The second-order valence-corrected chi connectivity index (χ2v) is 4.16. The molecule has 0 saturated carbocycles. The lowest BCUT2D eigenvalue weighted by Crippen LogP contribution is -2.39. The number of benzene rings is 1. The molecule has 7 nitrogen and oxygen atoms in total. The van der Waals surface area contributed by atoms with E-state index >= 15 is 0 Å². The number of nitrogens with two attached hydrogens (primary N) is 1. The second-order valence-electron chi connectivity index (χ2n) is 4.16. The molecule has 1 aromatic carbocycles. The molecule has 1 heterocycles. The number of pyridine rings is 1. The van der Waals surface area contributed by atoms with Crippen molar-refractivity contribution < 1.29 is 14.3 Å². The van der Waals surface area contributed by atoms with E-state index in [1.165, 1.54) is 24.3 Å². The van der Waals surface area contributed by atoms with Crippen LogP contribution in [0.5, 0.6) is 0 Å². The smallest absolute Gasteiger partial charge is 0.290 e. The van der Waals surface area contributed by atoms with E-state index in [0.29, 0.717) is 11.4 Å². The second kappa shape index (κ2) is 5.79. The summed E-state index contributed by atoms with van der Waals surface area (Å²) in [6.45, 7) is 0.113. The van der Waals surface area contributed by atoms with Gasteiger partial charge in [-0.05, 0) is 18.2 Å². The number of nitrogen functional groups attached to an aromatic ring is 1. The van der Waals surface area contributed by atoms with Crippen LogP contribution in [-0.2, 0) is 11.3 Å². The molecule has 102 valence electrons. The van der Waals surface area contributed by atoms with Gasteiger partial charge in [0.15, 0.2) is 12.4 Å². The van der Waals surface area contributed by atoms with E-state index in [1.54, 1.807) is 29.1 Å². The summed E-state index contributed by atoms with van der Waals surface area (Å²) in [5.74, 6) is -0.241. The third-order valence-corrected chi connectivity index (χ3v) is 2.57. The molecule has 1 aromatic heterocycles. The SMILES string of the molecule is Nc1ccc[n+](CC(=O)Nc2ccc([N+](=O)[O-])cc2)c1. The van der Waals surface area contributed by atoms with Gasteiger partial charge in [0.05, 0.1) is 10.6 Å². The van der Waals surface area contributed by atoms with Gasteiger partial charge in [0.25, 0.3) is 11.6 Å². The Morgan fingerprint density at radius 1 is 1.30 bits per heavy atom. The van der Waals surface area contributed by atoms with Crippen molar-refractivity contribution in [3.63, 3.8) is 0 Å². The van der Waals surface area contributed by atoms with Gasteiger partial charge in [-0.15, -0.1) is 0 Å². The molecular formula is C13H13N4O3+. The number of nitrogens with one attached hydrogen (secondary N) is 1. The maximum Gasteiger partial charge on any atom is 0.290 e. The van der Waals surface area contributed by atoms with Gasteiger partial charge in [0.1, 0.15) is 0 Å². The summed E-state index contributed by atoms with van der Waals surface area (Å²) in [4.78, 5) is 21.8. The van der Waals surface area contributed by atoms with Crippen molar-refractivity contribution in [3.8, 4) is 0 Å². The quantitative estimate of drug-likeness (QED) is 0.494. The Kier molecular flexibility index (Phi) is 3.90. The van der Waals surface area contributed by atoms with Crippen LogP contribution in [0.1, 0.15) is 0 Å². The van der Waals surface area contributed by atoms with Crippen molar-refractivity contribution in [2.75, 3.05) is 11.1 Å². The van der Waals surface area contributed by atoms with Crippen molar-refractivity contribution >= 4 is 23.0 Å². The normalized spacial score (nSPS) is 10.0. The van der Waals surface area contributed by atoms with Crippen molar-refractivity contribution in [2.45, 2.75) is 6.54 Å². The lowest BCUT2D eigenvalue weighted by atomic mass is 10.3. The monoisotopic (exact) mass is 273 g/mol. The maximum absolute atomic E-state index is 11.8. The Morgan fingerprint density at radius 3 is 2.60 bits per heavy atom. The number of non-ortho nitro benzene ring substituents is 1. The van der Waals surface area contributed by atoms with E-state index in [-0.39, 0.29) is 18.1 Å². The van der Waals surface area contributed by atoms with Crippen LogP contribution in [0.15, 0.2) is 48.8 Å². The number of anilines is 2. The summed E-state index contributed by atoms with van der Waals surface area (Å²) in [5.41, 5.74) is 6.67. The molecule has 1 amide bonds. The van der Waals surface area contributed by atoms with E-state index < -0.39 is 4.92 Å². The molecule has 0 spiro atoms. The molecule has 0 radical (unpaired) electrons. The van der Waals surface area contributed by atoms with Gasteiger partial charge in [-0.1, -0.05) is 0 Å². The van der Waals surface area contributed by atoms with Gasteiger partial charge in [0, 0.05) is 23.9 Å². The maximum atomic E-state index is 11.8. The molecule has 7 heteroatoms. The van der Waals surface area contributed by atoms with Crippen LogP contribution in [0, 0.1) is 10.1 Å². The Balaban J connectivity index is 1.99. The van der Waals surface area contributed by atoms with Gasteiger partial charge in [0.2, 0.25) is 6.54 Å². The van der Waals surface area contributed by atoms with Gasteiger partial charge in [-0.2, -0.15) is 4.57 Å². The van der Waals surface area contributed by atoms with Gasteiger partial charge in [-0.3, -0.25) is 14.9 Å². The van der Waals surface area contributed by atoms with Crippen LogP contribution in [0.25, 0.3) is 0 Å². The van der Waals surface area contributed by atoms with Crippen LogP contribution in [0.3, 0.4) is 0 Å². The summed E-state index contributed by atoms with van der Waals surface area (Å²) in [6, 6.07) is 9.12. The van der Waals surface area contributed by atoms with Gasteiger partial charge in [-0.25, -0.2) is 0 Å². The standard InChI is InChI=1S/C13H12N4O3/c14-10-2-1-7-16(8-10)9-13(18)15-11-3-5-12(6-4-11)17(19)20/h1-8H,9,14H2/p+1. The molecule has 0 aliphatic heterocycles. The van der Waals surface area contributed by atoms with Crippen LogP contribution < -0.4 is 15.6 Å². The first-order valence-electron chi connectivity index (χ1n) is 5.83. The molecule has 0 saturated heterocycles. The highest BCUT2D eigenvalue weighted by molar-refractivity contribution is 5.89. The van der Waals surface area contributed by atoms with Crippen molar-refractivity contribution in [3.05, 3.63) is 58.9 Å². The Hall–Kier alpha value is -2.96. The number of rotatable bonds is 4. The fraction of sp³-hybridized carbons (Fsp3) is 0.0769. The number of nitrogens with zero attached hydrogens (tertiary/aromatic N) is 2. The molecule has 2 aromatic rings. The minimum Gasteiger partial charge on any atom is -0.394 e. The first kappa shape index (κ1) is 13.5. The number of carbonyl (C=O) groups is 1. The summed E-state index contributed by atoms with van der Waals surface area (Å²) in [6.07, 6.45) is 3.38. The van der Waals surface area contributed by atoms with Crippen molar-refractivity contribution in [1.29, 1.82) is 0 Å². The molecule has 0 aliphatic rings. The van der Waals surface area contributed by atoms with E-state index in [9.17, 15) is 14.9 Å². The number of hydrogen-bond acceptors (Lipinski definition) is 4. The number of hydrogen-bond donors (Lipinski definition) is 2. The predicted molar refractivity (Wildman–Crippen MR) is 72.8 cm³/mol. The minimum absolute atomic E-state index is 0.0202. The van der Waals surface area contributed by atoms with Crippen LogP contribution in [0.4, 0.5) is 17.1 Å². The molecule has 0 bridgehead atoms. The largest absolute Gasteiger partial charge is 0.394 e. The highest BCUT2D eigenvalue weighted by Crippen LogP contribution is 2.15. The molecule has 2 rings (SSSR count). The van der Waals surface area contributed by atoms with E-state index in [0.717, 1.165) is 0 Å². The van der Waals surface area contributed by atoms with Crippen LogP contribution in [-0.4, -0.2) is 10.8 Å². The molecule has 0 fully saturated rings. The minimum atomic E-state index is -0.492. The number of nitro benzene ring substituents is 1. The van der Waals surface area contributed by atoms with Crippen LogP contribution in [0.2, 0.25) is 0 Å². The zero-order chi connectivity index (χ0) is 14.5. The third kappa shape index (κ3) is 3.52. The van der Waals surface area contributed by atoms with E-state index in [4.69, 9.17) is 5.73 Å². The number of carbonyl (C=O) groups excluding carboxylic acids is 1. The zero-order valence-electron chi connectivity index (χ0n) is 10.5. The fourth-order valence-electron chi connectivity index (χ4n) is 1.67. The Bertz CT molecular complexity index is 640. The highest BCUT2D eigenvalue weighted by atomic mass is 16.6. The topological polar surface area (TPSA) is 102 Å². The predicted octanol–water partition coefficient (Wildman–Crippen LogP) is 1.10. The fourth-order valence-corrected chi connectivity index (χ4v) is 1.67. The number of nitro groups is 1. The Morgan fingerprint density at radius 2 is 2.00 bits per heavy atom. The molecular weight excluding hydrogens is 260 g/mol. The molecule has 0 atom stereocenters. The van der Waals surface area contributed by atoms with E-state index in [2.05, 4.69) is 5.32 Å². The third-order valence-electron chi connectivity index (χ3n) is 2.57. The highest BCUT2D eigenvalue weighted by Gasteiger charge is 2.11. The summed E-state index contributed by atoms with van der Waals surface area (Å²) >= 11 is 0. The number of aromatic nitrogens is 1. The van der Waals surface area contributed by atoms with Crippen LogP contribution >= 0.6 is 0 Å². The van der Waals surface area contributed by atoms with Crippen molar-refractivity contribution in [2.24, 2.45) is 0 Å². The van der Waals surface area contributed by atoms with E-state index in [1.807, 2.05) is 0 Å².